The second kappa shape index (κ2) is 7.44. The highest BCUT2D eigenvalue weighted by Crippen LogP contribution is 2.42. The number of aliphatic hydroxyl groups excluding tert-OH is 1. The number of benzene rings is 1. The minimum Gasteiger partial charge on any atom is -0.467 e. The Kier molecular flexibility index (Phi) is 5.92. The van der Waals surface area contributed by atoms with Crippen LogP contribution in [0.3, 0.4) is 0 Å². The Balaban J connectivity index is 2.53. The summed E-state index contributed by atoms with van der Waals surface area (Å²) in [5, 5.41) is 11.0. The summed E-state index contributed by atoms with van der Waals surface area (Å²) in [5.74, 6) is -0.559. The summed E-state index contributed by atoms with van der Waals surface area (Å²) >= 11 is 0. The van der Waals surface area contributed by atoms with Crippen molar-refractivity contribution in [3.05, 3.63) is 35.9 Å². The van der Waals surface area contributed by atoms with E-state index in [1.807, 2.05) is 49.1 Å². The molecule has 0 radical (unpaired) electrons. The number of hydrogen-bond donors (Lipinski definition) is 1. The molecular weight excluding hydrogens is 318 g/mol. The van der Waals surface area contributed by atoms with Crippen LogP contribution in [0, 0.1) is 11.3 Å². The van der Waals surface area contributed by atoms with Crippen LogP contribution >= 0.6 is 0 Å². The number of nitrogens with zero attached hydrogens (tertiary/aromatic N) is 1. The average Bonchev–Trinajstić information content (AvgIpc) is 2.94. The lowest BCUT2D eigenvalue weighted by Gasteiger charge is -2.43. The molecule has 1 aromatic rings. The molecule has 0 saturated carbocycles. The fraction of sp³-hybridized carbons (Fsp3) is 0.650. The lowest BCUT2D eigenvalue weighted by atomic mass is 9.83. The van der Waals surface area contributed by atoms with Gasteiger partial charge in [0.25, 0.3) is 0 Å². The minimum atomic E-state index is -1.21. The van der Waals surface area contributed by atoms with Crippen molar-refractivity contribution in [1.82, 2.24) is 4.90 Å². The number of hydrogen-bond acceptors (Lipinski definition) is 5. The van der Waals surface area contributed by atoms with E-state index < -0.39 is 17.6 Å². The number of ether oxygens (including phenoxy) is 2. The van der Waals surface area contributed by atoms with Crippen LogP contribution in [0.15, 0.2) is 30.3 Å². The first-order valence-corrected chi connectivity index (χ1v) is 8.83. The largest absolute Gasteiger partial charge is 0.467 e. The molecular formula is C20H31NO4. The smallest absolute Gasteiger partial charge is 0.331 e. The van der Waals surface area contributed by atoms with Gasteiger partial charge in [-0.1, -0.05) is 65.0 Å². The van der Waals surface area contributed by atoms with Gasteiger partial charge in [-0.2, -0.15) is 0 Å². The van der Waals surface area contributed by atoms with Crippen molar-refractivity contribution >= 4 is 5.97 Å². The van der Waals surface area contributed by atoms with Crippen LogP contribution < -0.4 is 0 Å². The topological polar surface area (TPSA) is 59.0 Å². The van der Waals surface area contributed by atoms with Gasteiger partial charge in [-0.05, 0) is 11.5 Å². The molecule has 5 nitrogen and oxygen atoms in total. The maximum atomic E-state index is 12.9. The summed E-state index contributed by atoms with van der Waals surface area (Å²) in [6, 6.07) is 9.93. The Morgan fingerprint density at radius 3 is 2.44 bits per heavy atom. The monoisotopic (exact) mass is 349 g/mol. The average molecular weight is 349 g/mol. The molecule has 0 bridgehead atoms. The Hall–Kier alpha value is -1.43. The lowest BCUT2D eigenvalue weighted by Crippen LogP contribution is -2.64. The standard InChI is InChI=1S/C20H31NO4/c1-14(2)16(22)20(18(23)24-6)13-25-17(19(3,4)5)21(20)12-15-10-8-7-9-11-15/h7-11,14,16-17,22H,12-13H2,1-6H3/t16?,17?,20-/m0/s1. The predicted octanol–water partition coefficient (Wildman–Crippen LogP) is 2.82. The van der Waals surface area contributed by atoms with E-state index in [1.54, 1.807) is 0 Å². The Morgan fingerprint density at radius 1 is 1.36 bits per heavy atom. The van der Waals surface area contributed by atoms with Crippen LogP contribution in [0.5, 0.6) is 0 Å². The number of carbonyl (C=O) groups excluding carboxylic acids is 1. The molecule has 0 amide bonds. The molecule has 2 unspecified atom stereocenters. The van der Waals surface area contributed by atoms with E-state index in [4.69, 9.17) is 9.47 Å². The molecule has 0 aliphatic carbocycles. The number of esters is 1. The number of rotatable bonds is 5. The summed E-state index contributed by atoms with van der Waals surface area (Å²) in [4.78, 5) is 14.8. The first kappa shape index (κ1) is 19.9. The molecule has 0 spiro atoms. The molecule has 25 heavy (non-hydrogen) atoms. The van der Waals surface area contributed by atoms with E-state index >= 15 is 0 Å². The summed E-state index contributed by atoms with van der Waals surface area (Å²) in [5.41, 5.74) is -0.371. The summed E-state index contributed by atoms with van der Waals surface area (Å²) in [6.45, 7) is 10.6. The number of carbonyl (C=O) groups is 1. The van der Waals surface area contributed by atoms with Crippen LogP contribution in [0.1, 0.15) is 40.2 Å². The second-order valence-corrected chi connectivity index (χ2v) is 8.25. The fourth-order valence-corrected chi connectivity index (χ4v) is 3.59. The van der Waals surface area contributed by atoms with Gasteiger partial charge in [-0.15, -0.1) is 0 Å². The molecule has 1 saturated heterocycles. The van der Waals surface area contributed by atoms with Crippen LogP contribution in [0.25, 0.3) is 0 Å². The number of methoxy groups -OCH3 is 1. The molecule has 3 atom stereocenters. The van der Waals surface area contributed by atoms with E-state index in [0.717, 1.165) is 5.56 Å². The van der Waals surface area contributed by atoms with Crippen molar-refractivity contribution < 1.29 is 19.4 Å². The summed E-state index contributed by atoms with van der Waals surface area (Å²) in [7, 11) is 1.36. The highest BCUT2D eigenvalue weighted by Gasteiger charge is 2.60. The SMILES string of the molecule is COC(=O)[C@@]1(C(O)C(C)C)COC(C(C)(C)C)N1Cc1ccccc1. The van der Waals surface area contributed by atoms with Gasteiger partial charge in [0, 0.05) is 12.0 Å². The van der Waals surface area contributed by atoms with Crippen LogP contribution in [-0.2, 0) is 20.8 Å². The van der Waals surface area contributed by atoms with Gasteiger partial charge in [0.2, 0.25) is 0 Å². The first-order chi connectivity index (χ1) is 11.6. The van der Waals surface area contributed by atoms with Gasteiger partial charge in [0.1, 0.15) is 6.23 Å². The molecule has 5 heteroatoms. The van der Waals surface area contributed by atoms with Crippen molar-refractivity contribution in [3.8, 4) is 0 Å². The third-order valence-electron chi connectivity index (χ3n) is 4.85. The van der Waals surface area contributed by atoms with Crippen molar-refractivity contribution in [1.29, 1.82) is 0 Å². The zero-order chi connectivity index (χ0) is 18.8. The van der Waals surface area contributed by atoms with E-state index in [1.165, 1.54) is 7.11 Å². The first-order valence-electron chi connectivity index (χ1n) is 8.83. The van der Waals surface area contributed by atoms with Crippen LogP contribution in [-0.4, -0.2) is 47.6 Å². The Bertz CT molecular complexity index is 581. The molecule has 0 aromatic heterocycles. The normalized spacial score (nSPS) is 26.0. The zero-order valence-corrected chi connectivity index (χ0v) is 16.2. The maximum absolute atomic E-state index is 12.9. The molecule has 1 N–H and O–H groups in total. The summed E-state index contributed by atoms with van der Waals surface area (Å²) < 4.78 is 11.2. The van der Waals surface area contributed by atoms with E-state index in [2.05, 4.69) is 20.8 Å². The van der Waals surface area contributed by atoms with Crippen molar-refractivity contribution in [3.63, 3.8) is 0 Å². The van der Waals surface area contributed by atoms with E-state index in [-0.39, 0.29) is 24.2 Å². The van der Waals surface area contributed by atoms with Gasteiger partial charge >= 0.3 is 5.97 Å². The van der Waals surface area contributed by atoms with Crippen LogP contribution in [0.2, 0.25) is 0 Å². The van der Waals surface area contributed by atoms with Crippen molar-refractivity contribution in [2.75, 3.05) is 13.7 Å². The van der Waals surface area contributed by atoms with E-state index in [0.29, 0.717) is 6.54 Å². The van der Waals surface area contributed by atoms with Gasteiger partial charge in [0.15, 0.2) is 5.54 Å². The highest BCUT2D eigenvalue weighted by molar-refractivity contribution is 5.82. The maximum Gasteiger partial charge on any atom is 0.331 e. The van der Waals surface area contributed by atoms with Gasteiger partial charge in [0.05, 0.1) is 19.8 Å². The molecule has 1 heterocycles. The van der Waals surface area contributed by atoms with E-state index in [9.17, 15) is 9.90 Å². The zero-order valence-electron chi connectivity index (χ0n) is 16.2. The quantitative estimate of drug-likeness (QED) is 0.829. The molecule has 2 rings (SSSR count). The van der Waals surface area contributed by atoms with Crippen LogP contribution in [0.4, 0.5) is 0 Å². The molecule has 1 aromatic carbocycles. The highest BCUT2D eigenvalue weighted by atomic mass is 16.6. The van der Waals surface area contributed by atoms with Crippen molar-refractivity contribution in [2.45, 2.75) is 59.0 Å². The Morgan fingerprint density at radius 2 is 1.96 bits per heavy atom. The molecule has 1 aliphatic heterocycles. The molecule has 1 aliphatic rings. The van der Waals surface area contributed by atoms with Crippen molar-refractivity contribution in [2.24, 2.45) is 11.3 Å². The van der Waals surface area contributed by atoms with Gasteiger partial charge in [-0.25, -0.2) is 4.79 Å². The third kappa shape index (κ3) is 3.73. The lowest BCUT2D eigenvalue weighted by molar-refractivity contribution is -0.167. The third-order valence-corrected chi connectivity index (χ3v) is 4.85. The minimum absolute atomic E-state index is 0.111. The molecule has 1 fully saturated rings. The molecule has 140 valence electrons. The van der Waals surface area contributed by atoms with Gasteiger partial charge < -0.3 is 14.6 Å². The fourth-order valence-electron chi connectivity index (χ4n) is 3.59. The van der Waals surface area contributed by atoms with Gasteiger partial charge in [-0.3, -0.25) is 4.90 Å². The predicted molar refractivity (Wildman–Crippen MR) is 96.8 cm³/mol. The summed E-state index contributed by atoms with van der Waals surface area (Å²) in [6.07, 6.45) is -1.20. The second-order valence-electron chi connectivity index (χ2n) is 8.25. The Labute approximate surface area is 150 Å². The number of aliphatic hydroxyl groups is 1.